The quantitative estimate of drug-likeness (QED) is 0.595. The number of rotatable bonds is 5. The molecule has 0 unspecified atom stereocenters. The van der Waals surface area contributed by atoms with Crippen LogP contribution in [0.4, 0.5) is 5.69 Å². The Morgan fingerprint density at radius 2 is 1.81 bits per heavy atom. The molecule has 4 heterocycles. The second-order valence-electron chi connectivity index (χ2n) is 10.4. The van der Waals surface area contributed by atoms with Crippen LogP contribution in [0.15, 0.2) is 24.3 Å². The second-order valence-corrected chi connectivity index (χ2v) is 10.4. The Bertz CT molecular complexity index is 1180. The molecule has 2 fully saturated rings. The Kier molecular flexibility index (Phi) is 6.59. The van der Waals surface area contributed by atoms with Gasteiger partial charge < -0.3 is 14.5 Å². The number of carbonyl (C=O) groups is 3. The van der Waals surface area contributed by atoms with E-state index in [9.17, 15) is 14.4 Å². The second kappa shape index (κ2) is 9.69. The third-order valence-corrected chi connectivity index (χ3v) is 7.46. The number of hydrogen-bond donors (Lipinski definition) is 0. The standard InChI is InChI=1S/C27H35N5O4/c1-17-13-18(2)32(28-17)12-11-31-26(34)22-8-5-9-23(24(22)27(31)35)29-10-6-7-21(16-29)25(33)30-14-19(3)36-20(4)15-30/h5,8-9,13,19-21H,6-7,10-12,14-16H2,1-4H3/t19-,20+,21-/m0/s1. The van der Waals surface area contributed by atoms with Crippen molar-refractivity contribution in [1.29, 1.82) is 0 Å². The van der Waals surface area contributed by atoms with Gasteiger partial charge in [0.1, 0.15) is 0 Å². The normalized spacial score (nSPS) is 24.4. The van der Waals surface area contributed by atoms with Crippen LogP contribution in [0.3, 0.4) is 0 Å². The fraction of sp³-hybridized carbons (Fsp3) is 0.556. The summed E-state index contributed by atoms with van der Waals surface area (Å²) in [4.78, 5) is 45.4. The van der Waals surface area contributed by atoms with Crippen LogP contribution in [0.2, 0.25) is 0 Å². The molecule has 0 N–H and O–H groups in total. The summed E-state index contributed by atoms with van der Waals surface area (Å²) in [7, 11) is 0. The molecule has 0 aliphatic carbocycles. The molecule has 3 atom stereocenters. The lowest BCUT2D eigenvalue weighted by Gasteiger charge is -2.40. The highest BCUT2D eigenvalue weighted by molar-refractivity contribution is 6.23. The van der Waals surface area contributed by atoms with E-state index in [0.717, 1.165) is 36.5 Å². The van der Waals surface area contributed by atoms with E-state index in [4.69, 9.17) is 4.74 Å². The first-order chi connectivity index (χ1) is 17.2. The van der Waals surface area contributed by atoms with Gasteiger partial charge in [0.25, 0.3) is 11.8 Å². The minimum atomic E-state index is -0.267. The van der Waals surface area contributed by atoms with Gasteiger partial charge in [-0.1, -0.05) is 6.07 Å². The Labute approximate surface area is 212 Å². The van der Waals surface area contributed by atoms with Gasteiger partial charge in [0.15, 0.2) is 0 Å². The molecule has 3 aliphatic rings. The van der Waals surface area contributed by atoms with Gasteiger partial charge in [0, 0.05) is 38.4 Å². The molecule has 0 spiro atoms. The van der Waals surface area contributed by atoms with Gasteiger partial charge in [0.2, 0.25) is 5.91 Å². The highest BCUT2D eigenvalue weighted by atomic mass is 16.5. The molecule has 0 saturated carbocycles. The van der Waals surface area contributed by atoms with E-state index in [0.29, 0.717) is 37.3 Å². The van der Waals surface area contributed by atoms with E-state index in [-0.39, 0.29) is 42.4 Å². The van der Waals surface area contributed by atoms with Crippen molar-refractivity contribution in [2.45, 2.75) is 59.3 Å². The largest absolute Gasteiger partial charge is 0.372 e. The topological polar surface area (TPSA) is 88.0 Å². The molecular weight excluding hydrogens is 458 g/mol. The molecule has 192 valence electrons. The SMILES string of the molecule is Cc1cc(C)n(CCN2C(=O)c3cccc(N4CCC[C@H](C(=O)N5C[C@@H](C)O[C@@H](C)C5)C4)c3C2=O)n1. The lowest BCUT2D eigenvalue weighted by atomic mass is 9.94. The van der Waals surface area contributed by atoms with Crippen LogP contribution in [0.1, 0.15) is 58.8 Å². The first-order valence-corrected chi connectivity index (χ1v) is 12.9. The number of piperidine rings is 1. The minimum Gasteiger partial charge on any atom is -0.372 e. The highest BCUT2D eigenvalue weighted by Gasteiger charge is 2.40. The lowest BCUT2D eigenvalue weighted by molar-refractivity contribution is -0.147. The number of aromatic nitrogens is 2. The molecule has 0 radical (unpaired) electrons. The number of aryl methyl sites for hydroxylation is 2. The van der Waals surface area contributed by atoms with Crippen molar-refractivity contribution in [3.05, 3.63) is 46.8 Å². The summed E-state index contributed by atoms with van der Waals surface area (Å²) in [6.07, 6.45) is 1.74. The van der Waals surface area contributed by atoms with E-state index < -0.39 is 0 Å². The monoisotopic (exact) mass is 493 g/mol. The van der Waals surface area contributed by atoms with Crippen molar-refractivity contribution in [2.75, 3.05) is 37.6 Å². The van der Waals surface area contributed by atoms with E-state index in [1.54, 1.807) is 6.07 Å². The molecule has 36 heavy (non-hydrogen) atoms. The Balaban J connectivity index is 1.33. The number of amides is 3. The van der Waals surface area contributed by atoms with Gasteiger partial charge in [-0.05, 0) is 58.7 Å². The van der Waals surface area contributed by atoms with Crippen molar-refractivity contribution in [3.8, 4) is 0 Å². The maximum atomic E-state index is 13.5. The predicted molar refractivity (Wildman–Crippen MR) is 135 cm³/mol. The summed E-state index contributed by atoms with van der Waals surface area (Å²) in [6.45, 7) is 11.1. The van der Waals surface area contributed by atoms with E-state index in [2.05, 4.69) is 10.00 Å². The average molecular weight is 494 g/mol. The van der Waals surface area contributed by atoms with Crippen LogP contribution in [0, 0.1) is 19.8 Å². The number of anilines is 1. The summed E-state index contributed by atoms with van der Waals surface area (Å²) < 4.78 is 7.63. The van der Waals surface area contributed by atoms with Crippen LogP contribution in [-0.4, -0.2) is 82.2 Å². The molecule has 9 heteroatoms. The molecule has 1 aromatic heterocycles. The molecular formula is C27H35N5O4. The summed E-state index contributed by atoms with van der Waals surface area (Å²) in [5, 5.41) is 4.45. The van der Waals surface area contributed by atoms with Crippen LogP contribution in [0.25, 0.3) is 0 Å². The molecule has 0 bridgehead atoms. The zero-order valence-corrected chi connectivity index (χ0v) is 21.6. The number of hydrogen-bond acceptors (Lipinski definition) is 6. The zero-order valence-electron chi connectivity index (χ0n) is 21.6. The zero-order chi connectivity index (χ0) is 25.6. The Hall–Kier alpha value is -3.20. The van der Waals surface area contributed by atoms with Crippen LogP contribution < -0.4 is 4.90 Å². The van der Waals surface area contributed by atoms with Gasteiger partial charge in [-0.2, -0.15) is 5.10 Å². The smallest absolute Gasteiger partial charge is 0.263 e. The maximum Gasteiger partial charge on any atom is 0.263 e. The van der Waals surface area contributed by atoms with Crippen molar-refractivity contribution in [3.63, 3.8) is 0 Å². The number of carbonyl (C=O) groups excluding carboxylic acids is 3. The minimum absolute atomic E-state index is 0.0267. The molecule has 2 saturated heterocycles. The number of morpholine rings is 1. The maximum absolute atomic E-state index is 13.5. The van der Waals surface area contributed by atoms with Crippen molar-refractivity contribution >= 4 is 23.4 Å². The number of fused-ring (bicyclic) bond motifs is 1. The fourth-order valence-electron chi connectivity index (χ4n) is 5.89. The molecule has 1 aromatic carbocycles. The molecule has 9 nitrogen and oxygen atoms in total. The fourth-order valence-corrected chi connectivity index (χ4v) is 5.89. The van der Waals surface area contributed by atoms with Crippen LogP contribution in [0.5, 0.6) is 0 Å². The first kappa shape index (κ1) is 24.5. The summed E-state index contributed by atoms with van der Waals surface area (Å²) in [5.74, 6) is -0.514. The van der Waals surface area contributed by atoms with E-state index >= 15 is 0 Å². The average Bonchev–Trinajstić information content (AvgIpc) is 3.30. The van der Waals surface area contributed by atoms with Gasteiger partial charge in [-0.3, -0.25) is 24.0 Å². The number of nitrogens with zero attached hydrogens (tertiary/aromatic N) is 5. The van der Waals surface area contributed by atoms with Gasteiger partial charge in [-0.15, -0.1) is 0 Å². The van der Waals surface area contributed by atoms with Crippen molar-refractivity contribution in [1.82, 2.24) is 19.6 Å². The molecule has 2 aromatic rings. The highest BCUT2D eigenvalue weighted by Crippen LogP contribution is 2.34. The van der Waals surface area contributed by atoms with Crippen molar-refractivity contribution < 1.29 is 19.1 Å². The molecule has 5 rings (SSSR count). The van der Waals surface area contributed by atoms with Gasteiger partial charge in [0.05, 0.1) is 47.2 Å². The Morgan fingerprint density at radius 3 is 2.50 bits per heavy atom. The number of imide groups is 1. The Morgan fingerprint density at radius 1 is 1.06 bits per heavy atom. The van der Waals surface area contributed by atoms with Crippen molar-refractivity contribution in [2.24, 2.45) is 5.92 Å². The third kappa shape index (κ3) is 4.52. The third-order valence-electron chi connectivity index (χ3n) is 7.46. The van der Waals surface area contributed by atoms with E-state index in [1.807, 2.05) is 55.5 Å². The molecule has 3 aliphatic heterocycles. The summed E-state index contributed by atoms with van der Waals surface area (Å²) in [6, 6.07) is 7.44. The van der Waals surface area contributed by atoms with Crippen LogP contribution >= 0.6 is 0 Å². The lowest BCUT2D eigenvalue weighted by Crippen LogP contribution is -2.52. The number of ether oxygens (including phenoxy) is 1. The predicted octanol–water partition coefficient (Wildman–Crippen LogP) is 2.65. The van der Waals surface area contributed by atoms with Gasteiger partial charge >= 0.3 is 0 Å². The molecule has 3 amide bonds. The van der Waals surface area contributed by atoms with Gasteiger partial charge in [-0.25, -0.2) is 0 Å². The summed E-state index contributed by atoms with van der Waals surface area (Å²) >= 11 is 0. The van der Waals surface area contributed by atoms with E-state index in [1.165, 1.54) is 4.90 Å². The number of benzene rings is 1. The first-order valence-electron chi connectivity index (χ1n) is 12.9. The van der Waals surface area contributed by atoms with Crippen LogP contribution in [-0.2, 0) is 16.1 Å². The summed E-state index contributed by atoms with van der Waals surface area (Å²) in [5.41, 5.74) is 3.55.